The van der Waals surface area contributed by atoms with Gasteiger partial charge in [-0.15, -0.1) is 0 Å². The molecule has 4 N–H and O–H groups in total. The van der Waals surface area contributed by atoms with Gasteiger partial charge in [-0.2, -0.15) is 11.8 Å². The van der Waals surface area contributed by atoms with Crippen molar-refractivity contribution in [2.45, 2.75) is 19.0 Å². The number of hydrogen-bond donors (Lipinski definition) is 3. The van der Waals surface area contributed by atoms with Gasteiger partial charge in [-0.1, -0.05) is 29.3 Å². The summed E-state index contributed by atoms with van der Waals surface area (Å²) in [6.07, 6.45) is 2.22. The Morgan fingerprint density at radius 3 is 2.64 bits per heavy atom. The van der Waals surface area contributed by atoms with Gasteiger partial charge in [0.05, 0.1) is 0 Å². The fourth-order valence-electron chi connectivity index (χ4n) is 1.80. The summed E-state index contributed by atoms with van der Waals surface area (Å²) in [5, 5.41) is 5.79. The first-order chi connectivity index (χ1) is 11.8. The zero-order chi connectivity index (χ0) is 18.8. The Morgan fingerprint density at radius 1 is 1.32 bits per heavy atom. The van der Waals surface area contributed by atoms with Crippen LogP contribution in [0.5, 0.6) is 0 Å². The molecule has 0 fully saturated rings. The highest BCUT2D eigenvalue weighted by atomic mass is 35.5. The lowest BCUT2D eigenvalue weighted by Gasteiger charge is -2.16. The molecule has 0 saturated carbocycles. The van der Waals surface area contributed by atoms with Gasteiger partial charge < -0.3 is 21.1 Å². The minimum Gasteiger partial charge on any atom is -0.454 e. The van der Waals surface area contributed by atoms with Crippen molar-refractivity contribution in [2.24, 2.45) is 5.73 Å². The average molecular weight is 408 g/mol. The third-order valence-corrected chi connectivity index (χ3v) is 4.28. The van der Waals surface area contributed by atoms with Gasteiger partial charge in [0, 0.05) is 16.6 Å². The van der Waals surface area contributed by atoms with E-state index in [-0.39, 0.29) is 6.54 Å². The molecule has 25 heavy (non-hydrogen) atoms. The summed E-state index contributed by atoms with van der Waals surface area (Å²) in [7, 11) is 0. The molecule has 1 aromatic carbocycles. The number of amides is 3. The van der Waals surface area contributed by atoms with Gasteiger partial charge in [0.25, 0.3) is 5.91 Å². The molecular formula is C15H19Cl2N3O4S. The van der Waals surface area contributed by atoms with Crippen LogP contribution in [0.1, 0.15) is 12.0 Å². The van der Waals surface area contributed by atoms with E-state index in [1.54, 1.807) is 18.2 Å². The predicted molar refractivity (Wildman–Crippen MR) is 98.8 cm³/mol. The number of nitrogens with two attached hydrogens (primary N) is 1. The van der Waals surface area contributed by atoms with Crippen molar-refractivity contribution in [3.8, 4) is 0 Å². The Hall–Kier alpha value is -1.64. The van der Waals surface area contributed by atoms with Crippen LogP contribution in [0.15, 0.2) is 18.2 Å². The number of benzene rings is 1. The summed E-state index contributed by atoms with van der Waals surface area (Å²) in [5.41, 5.74) is 5.71. The Labute approximate surface area is 159 Å². The molecule has 7 nitrogen and oxygen atoms in total. The number of urea groups is 1. The van der Waals surface area contributed by atoms with Crippen molar-refractivity contribution in [1.29, 1.82) is 0 Å². The fourth-order valence-corrected chi connectivity index (χ4v) is 2.75. The van der Waals surface area contributed by atoms with E-state index in [2.05, 4.69) is 10.6 Å². The molecule has 10 heteroatoms. The largest absolute Gasteiger partial charge is 0.454 e. The van der Waals surface area contributed by atoms with Crippen LogP contribution in [0.3, 0.4) is 0 Å². The molecule has 0 unspecified atom stereocenters. The summed E-state index contributed by atoms with van der Waals surface area (Å²) >= 11 is 13.3. The molecule has 1 atom stereocenters. The van der Waals surface area contributed by atoms with E-state index in [1.165, 1.54) is 11.8 Å². The first-order valence-electron chi connectivity index (χ1n) is 7.25. The lowest BCUT2D eigenvalue weighted by molar-refractivity contribution is -0.150. The standard InChI is InChI=1S/C15H19Cl2N3O4S/c1-25-5-4-12(20-15(18)23)14(22)24-8-13(21)19-7-9-2-3-10(16)6-11(9)17/h2-3,6,12H,4-5,7-8H2,1H3,(H,19,21)(H3,18,20,23)/t12-/m1/s1. The molecule has 0 spiro atoms. The number of esters is 1. The number of nitrogens with one attached hydrogen (secondary N) is 2. The highest BCUT2D eigenvalue weighted by Crippen LogP contribution is 2.20. The fraction of sp³-hybridized carbons (Fsp3) is 0.400. The zero-order valence-corrected chi connectivity index (χ0v) is 15.8. The highest BCUT2D eigenvalue weighted by molar-refractivity contribution is 7.98. The molecule has 0 aliphatic rings. The molecular weight excluding hydrogens is 389 g/mol. The number of rotatable bonds is 9. The van der Waals surface area contributed by atoms with E-state index in [9.17, 15) is 14.4 Å². The maximum Gasteiger partial charge on any atom is 0.329 e. The maximum absolute atomic E-state index is 11.9. The molecule has 1 rings (SSSR count). The summed E-state index contributed by atoms with van der Waals surface area (Å²) in [6.45, 7) is -0.303. The van der Waals surface area contributed by atoms with Crippen LogP contribution in [0.25, 0.3) is 0 Å². The lowest BCUT2D eigenvalue weighted by Crippen LogP contribution is -2.45. The number of primary amides is 1. The molecule has 0 bridgehead atoms. The van der Waals surface area contributed by atoms with E-state index in [0.717, 1.165) is 0 Å². The first kappa shape index (κ1) is 21.4. The van der Waals surface area contributed by atoms with Crippen LogP contribution in [0, 0.1) is 0 Å². The quantitative estimate of drug-likeness (QED) is 0.541. The van der Waals surface area contributed by atoms with Crippen molar-refractivity contribution in [1.82, 2.24) is 10.6 Å². The normalized spacial score (nSPS) is 11.5. The molecule has 0 aromatic heterocycles. The SMILES string of the molecule is CSCC[C@@H](NC(N)=O)C(=O)OCC(=O)NCc1ccc(Cl)cc1Cl. The molecule has 0 saturated heterocycles. The predicted octanol–water partition coefficient (Wildman–Crippen LogP) is 1.94. The molecule has 0 aliphatic heterocycles. The summed E-state index contributed by atoms with van der Waals surface area (Å²) in [5.74, 6) is -0.587. The van der Waals surface area contributed by atoms with Crippen molar-refractivity contribution < 1.29 is 19.1 Å². The minimum atomic E-state index is -0.886. The van der Waals surface area contributed by atoms with Gasteiger partial charge in [-0.3, -0.25) is 4.79 Å². The summed E-state index contributed by atoms with van der Waals surface area (Å²) < 4.78 is 4.92. The van der Waals surface area contributed by atoms with Gasteiger partial charge in [-0.25, -0.2) is 9.59 Å². The Balaban J connectivity index is 2.45. The van der Waals surface area contributed by atoms with E-state index >= 15 is 0 Å². The molecule has 1 aromatic rings. The molecule has 3 amide bonds. The molecule has 0 heterocycles. The second-order valence-corrected chi connectivity index (χ2v) is 6.79. The molecule has 0 aliphatic carbocycles. The maximum atomic E-state index is 11.9. The smallest absolute Gasteiger partial charge is 0.329 e. The van der Waals surface area contributed by atoms with Gasteiger partial charge in [0.1, 0.15) is 6.04 Å². The van der Waals surface area contributed by atoms with Crippen LogP contribution in [0.2, 0.25) is 10.0 Å². The topological polar surface area (TPSA) is 111 Å². The van der Waals surface area contributed by atoms with Crippen molar-refractivity contribution in [3.63, 3.8) is 0 Å². The second kappa shape index (κ2) is 11.1. The number of thioether (sulfide) groups is 1. The van der Waals surface area contributed by atoms with E-state index in [1.807, 2.05) is 6.26 Å². The number of halogens is 2. The number of ether oxygens (including phenoxy) is 1. The first-order valence-corrected chi connectivity index (χ1v) is 9.40. The number of hydrogen-bond acceptors (Lipinski definition) is 5. The van der Waals surface area contributed by atoms with E-state index in [4.69, 9.17) is 33.7 Å². The lowest BCUT2D eigenvalue weighted by atomic mass is 10.2. The van der Waals surface area contributed by atoms with E-state index in [0.29, 0.717) is 27.8 Å². The monoisotopic (exact) mass is 407 g/mol. The molecule has 138 valence electrons. The van der Waals surface area contributed by atoms with Gasteiger partial charge in [-0.05, 0) is 36.1 Å². The zero-order valence-electron chi connectivity index (χ0n) is 13.5. The van der Waals surface area contributed by atoms with Crippen LogP contribution >= 0.6 is 35.0 Å². The number of carbonyl (C=O) groups is 3. The second-order valence-electron chi connectivity index (χ2n) is 4.96. The van der Waals surface area contributed by atoms with Crippen LogP contribution in [0.4, 0.5) is 4.79 Å². The summed E-state index contributed by atoms with van der Waals surface area (Å²) in [4.78, 5) is 34.6. The van der Waals surface area contributed by atoms with Gasteiger partial charge >= 0.3 is 12.0 Å². The number of carbonyl (C=O) groups excluding carboxylic acids is 3. The Morgan fingerprint density at radius 2 is 2.04 bits per heavy atom. The van der Waals surface area contributed by atoms with Gasteiger partial charge in [0.15, 0.2) is 6.61 Å². The van der Waals surface area contributed by atoms with Crippen molar-refractivity contribution in [2.75, 3.05) is 18.6 Å². The van der Waals surface area contributed by atoms with Crippen molar-refractivity contribution in [3.05, 3.63) is 33.8 Å². The van der Waals surface area contributed by atoms with E-state index < -0.39 is 30.6 Å². The third-order valence-electron chi connectivity index (χ3n) is 3.05. The summed E-state index contributed by atoms with van der Waals surface area (Å²) in [6, 6.07) is 3.19. The third kappa shape index (κ3) is 8.33. The minimum absolute atomic E-state index is 0.168. The highest BCUT2D eigenvalue weighted by Gasteiger charge is 2.21. The average Bonchev–Trinajstić information content (AvgIpc) is 2.55. The van der Waals surface area contributed by atoms with Gasteiger partial charge in [0.2, 0.25) is 0 Å². The van der Waals surface area contributed by atoms with Crippen LogP contribution in [-0.2, 0) is 20.9 Å². The van der Waals surface area contributed by atoms with Crippen LogP contribution in [-0.4, -0.2) is 42.6 Å². The van der Waals surface area contributed by atoms with Crippen LogP contribution < -0.4 is 16.4 Å². The Kier molecular flexibility index (Phi) is 9.48. The Bertz CT molecular complexity index is 631. The van der Waals surface area contributed by atoms with Crippen molar-refractivity contribution >= 4 is 52.9 Å². The molecule has 0 radical (unpaired) electrons.